The predicted molar refractivity (Wildman–Crippen MR) is 102 cm³/mol. The third-order valence-electron chi connectivity index (χ3n) is 3.85. The first-order chi connectivity index (χ1) is 13.5. The van der Waals surface area contributed by atoms with Gasteiger partial charge in [-0.2, -0.15) is 0 Å². The number of methoxy groups -OCH3 is 3. The van der Waals surface area contributed by atoms with Crippen LogP contribution in [0.25, 0.3) is 22.6 Å². The first-order valence-corrected chi connectivity index (χ1v) is 8.24. The quantitative estimate of drug-likeness (QED) is 0.513. The Bertz CT molecular complexity index is 1050. The van der Waals surface area contributed by atoms with Crippen LogP contribution in [0.3, 0.4) is 0 Å². The molecule has 0 aliphatic carbocycles. The molecule has 0 saturated heterocycles. The number of anilines is 1. The fourth-order valence-electron chi connectivity index (χ4n) is 2.47. The van der Waals surface area contributed by atoms with Crippen molar-refractivity contribution in [2.45, 2.75) is 0 Å². The van der Waals surface area contributed by atoms with E-state index in [9.17, 15) is 9.59 Å². The van der Waals surface area contributed by atoms with Crippen molar-refractivity contribution < 1.29 is 28.2 Å². The third-order valence-corrected chi connectivity index (χ3v) is 3.85. The van der Waals surface area contributed by atoms with Gasteiger partial charge in [0.05, 0.1) is 27.4 Å². The third kappa shape index (κ3) is 4.12. The summed E-state index contributed by atoms with van der Waals surface area (Å²) in [5, 5.41) is 2.84. The molecule has 0 unspecified atom stereocenters. The van der Waals surface area contributed by atoms with Gasteiger partial charge in [0.25, 0.3) is 0 Å². The second kappa shape index (κ2) is 8.26. The smallest absolute Gasteiger partial charge is 0.354 e. The summed E-state index contributed by atoms with van der Waals surface area (Å²) in [5.41, 5.74) is 2.37. The highest BCUT2D eigenvalue weighted by molar-refractivity contribution is 5.99. The summed E-state index contributed by atoms with van der Waals surface area (Å²) in [6.07, 6.45) is 1.01. The van der Waals surface area contributed by atoms with Gasteiger partial charge in [-0.3, -0.25) is 0 Å². The van der Waals surface area contributed by atoms with Crippen LogP contribution in [0.15, 0.2) is 58.7 Å². The van der Waals surface area contributed by atoms with Crippen molar-refractivity contribution in [2.24, 2.45) is 0 Å². The number of fused-ring (bicyclic) bond motifs is 1. The van der Waals surface area contributed by atoms with Crippen LogP contribution in [0.2, 0.25) is 0 Å². The maximum absolute atomic E-state index is 11.9. The van der Waals surface area contributed by atoms with E-state index in [0.717, 1.165) is 11.6 Å². The molecule has 0 aliphatic heterocycles. The van der Waals surface area contributed by atoms with E-state index in [1.807, 2.05) is 24.3 Å². The van der Waals surface area contributed by atoms with Crippen molar-refractivity contribution in [2.75, 3.05) is 26.6 Å². The molecule has 0 saturated carbocycles. The summed E-state index contributed by atoms with van der Waals surface area (Å²) in [7, 11) is 4.02. The van der Waals surface area contributed by atoms with E-state index >= 15 is 0 Å². The highest BCUT2D eigenvalue weighted by atomic mass is 16.5. The molecule has 28 heavy (non-hydrogen) atoms. The Kier molecular flexibility index (Phi) is 5.59. The standard InChI is InChI=1S/C20H18N2O6/c1-25-14-6-4-5-12(9-14)19-22-15-10-13(7-8-17(15)28-19)21-16(20(24)27-3)11-18(23)26-2/h4-11,21H,1-3H3/b16-11+. The number of nitrogens with zero attached hydrogens (tertiary/aromatic N) is 1. The molecular formula is C20H18N2O6. The normalized spacial score (nSPS) is 11.2. The van der Waals surface area contributed by atoms with Gasteiger partial charge in [-0.1, -0.05) is 6.07 Å². The van der Waals surface area contributed by atoms with Gasteiger partial charge in [-0.25, -0.2) is 14.6 Å². The van der Waals surface area contributed by atoms with Crippen molar-refractivity contribution >= 4 is 28.7 Å². The Labute approximate surface area is 160 Å². The summed E-state index contributed by atoms with van der Waals surface area (Å²) in [6, 6.07) is 12.4. The second-order valence-corrected chi connectivity index (χ2v) is 5.63. The van der Waals surface area contributed by atoms with E-state index in [2.05, 4.69) is 19.8 Å². The van der Waals surface area contributed by atoms with Crippen LogP contribution >= 0.6 is 0 Å². The van der Waals surface area contributed by atoms with Crippen LogP contribution in [-0.4, -0.2) is 38.3 Å². The summed E-state index contributed by atoms with van der Waals surface area (Å²) >= 11 is 0. The van der Waals surface area contributed by atoms with Gasteiger partial charge in [-0.15, -0.1) is 0 Å². The van der Waals surface area contributed by atoms with Gasteiger partial charge in [0.2, 0.25) is 5.89 Å². The van der Waals surface area contributed by atoms with Crippen LogP contribution < -0.4 is 10.1 Å². The summed E-state index contributed by atoms with van der Waals surface area (Å²) in [4.78, 5) is 27.8. The van der Waals surface area contributed by atoms with Crippen LogP contribution in [0, 0.1) is 0 Å². The molecule has 3 rings (SSSR count). The van der Waals surface area contributed by atoms with Gasteiger partial charge >= 0.3 is 11.9 Å². The highest BCUT2D eigenvalue weighted by Crippen LogP contribution is 2.28. The largest absolute Gasteiger partial charge is 0.497 e. The zero-order valence-corrected chi connectivity index (χ0v) is 15.5. The Balaban J connectivity index is 1.92. The first-order valence-electron chi connectivity index (χ1n) is 8.24. The lowest BCUT2D eigenvalue weighted by molar-refractivity contribution is -0.138. The highest BCUT2D eigenvalue weighted by Gasteiger charge is 2.14. The van der Waals surface area contributed by atoms with Gasteiger partial charge in [0.15, 0.2) is 5.58 Å². The molecule has 2 aromatic carbocycles. The number of rotatable bonds is 6. The molecule has 0 radical (unpaired) electrons. The molecular weight excluding hydrogens is 364 g/mol. The molecule has 0 amide bonds. The Morgan fingerprint density at radius 2 is 1.89 bits per heavy atom. The molecule has 0 atom stereocenters. The van der Waals surface area contributed by atoms with Crippen molar-refractivity contribution in [1.82, 2.24) is 4.98 Å². The lowest BCUT2D eigenvalue weighted by Gasteiger charge is -2.08. The number of ether oxygens (including phenoxy) is 3. The Morgan fingerprint density at radius 1 is 1.07 bits per heavy atom. The maximum atomic E-state index is 11.9. The van der Waals surface area contributed by atoms with Crippen LogP contribution in [-0.2, 0) is 19.1 Å². The van der Waals surface area contributed by atoms with Crippen molar-refractivity contribution in [1.29, 1.82) is 0 Å². The number of benzene rings is 2. The zero-order chi connectivity index (χ0) is 20.1. The average Bonchev–Trinajstić information content (AvgIpc) is 3.16. The fourth-order valence-corrected chi connectivity index (χ4v) is 2.47. The minimum Gasteiger partial charge on any atom is -0.497 e. The molecule has 1 N–H and O–H groups in total. The minimum absolute atomic E-state index is 0.0646. The van der Waals surface area contributed by atoms with Crippen molar-refractivity contribution in [3.05, 3.63) is 54.2 Å². The lowest BCUT2D eigenvalue weighted by atomic mass is 10.2. The van der Waals surface area contributed by atoms with Crippen LogP contribution in [0.5, 0.6) is 5.75 Å². The van der Waals surface area contributed by atoms with Gasteiger partial charge in [-0.05, 0) is 36.4 Å². The van der Waals surface area contributed by atoms with Gasteiger partial charge in [0, 0.05) is 11.3 Å². The molecule has 1 heterocycles. The Hall–Kier alpha value is -3.81. The van der Waals surface area contributed by atoms with E-state index in [0.29, 0.717) is 28.4 Å². The number of hydrogen-bond donors (Lipinski definition) is 1. The van der Waals surface area contributed by atoms with Crippen molar-refractivity contribution in [3.63, 3.8) is 0 Å². The van der Waals surface area contributed by atoms with E-state index in [1.165, 1.54) is 14.2 Å². The topological polar surface area (TPSA) is 99.9 Å². The molecule has 8 heteroatoms. The number of aromatic nitrogens is 1. The van der Waals surface area contributed by atoms with Gasteiger partial charge < -0.3 is 23.9 Å². The summed E-state index contributed by atoms with van der Waals surface area (Å²) in [6.45, 7) is 0. The minimum atomic E-state index is -0.706. The number of carbonyl (C=O) groups excluding carboxylic acids is 2. The molecule has 1 aromatic heterocycles. The predicted octanol–water partition coefficient (Wildman–Crippen LogP) is 3.15. The number of hydrogen-bond acceptors (Lipinski definition) is 8. The monoisotopic (exact) mass is 382 g/mol. The van der Waals surface area contributed by atoms with Gasteiger partial charge in [0.1, 0.15) is 17.0 Å². The number of oxazole rings is 1. The number of nitrogens with one attached hydrogen (secondary N) is 1. The fraction of sp³-hybridized carbons (Fsp3) is 0.150. The van der Waals surface area contributed by atoms with Crippen LogP contribution in [0.1, 0.15) is 0 Å². The first kappa shape index (κ1) is 19.0. The lowest BCUT2D eigenvalue weighted by Crippen LogP contribution is -2.15. The number of esters is 2. The molecule has 144 valence electrons. The number of carbonyl (C=O) groups is 2. The van der Waals surface area contributed by atoms with E-state index in [4.69, 9.17) is 9.15 Å². The molecule has 0 spiro atoms. The summed E-state index contributed by atoms with van der Waals surface area (Å²) < 4.78 is 20.2. The average molecular weight is 382 g/mol. The summed E-state index contributed by atoms with van der Waals surface area (Å²) in [5.74, 6) is -0.263. The molecule has 0 aliphatic rings. The molecule has 8 nitrogen and oxygen atoms in total. The van der Waals surface area contributed by atoms with E-state index in [-0.39, 0.29) is 5.70 Å². The Morgan fingerprint density at radius 3 is 2.61 bits per heavy atom. The SMILES string of the molecule is COC(=O)/C=C(/Nc1ccc2oc(-c3cccc(OC)c3)nc2c1)C(=O)OC. The molecule has 0 fully saturated rings. The molecule has 0 bridgehead atoms. The van der Waals surface area contributed by atoms with Crippen molar-refractivity contribution in [3.8, 4) is 17.2 Å². The maximum Gasteiger partial charge on any atom is 0.354 e. The van der Waals surface area contributed by atoms with E-state index in [1.54, 1.807) is 25.3 Å². The van der Waals surface area contributed by atoms with Crippen LogP contribution in [0.4, 0.5) is 5.69 Å². The second-order valence-electron chi connectivity index (χ2n) is 5.63. The zero-order valence-electron chi connectivity index (χ0n) is 15.5. The van der Waals surface area contributed by atoms with E-state index < -0.39 is 11.9 Å². The molecule has 3 aromatic rings.